The Bertz CT molecular complexity index is 932. The van der Waals surface area contributed by atoms with Gasteiger partial charge in [-0.15, -0.1) is 11.8 Å². The van der Waals surface area contributed by atoms with Crippen molar-refractivity contribution < 1.29 is 9.18 Å². The molecule has 0 saturated carbocycles. The van der Waals surface area contributed by atoms with Gasteiger partial charge in [-0.25, -0.2) is 4.39 Å². The van der Waals surface area contributed by atoms with E-state index in [2.05, 4.69) is 16.0 Å². The van der Waals surface area contributed by atoms with Crippen molar-refractivity contribution in [1.29, 1.82) is 0 Å². The SMILES string of the molecule is O=C(CSc1ccc(NC(=S)Nc2ccccc2)cc1)Nc1ccc(F)cc1. The summed E-state index contributed by atoms with van der Waals surface area (Å²) in [6.45, 7) is 0. The van der Waals surface area contributed by atoms with Crippen LogP contribution in [0.4, 0.5) is 21.5 Å². The van der Waals surface area contributed by atoms with Crippen LogP contribution < -0.4 is 16.0 Å². The first kappa shape index (κ1) is 19.9. The van der Waals surface area contributed by atoms with Gasteiger partial charge in [-0.05, 0) is 72.9 Å². The third-order valence-corrected chi connectivity index (χ3v) is 4.86. The molecule has 0 atom stereocenters. The summed E-state index contributed by atoms with van der Waals surface area (Å²) in [5.41, 5.74) is 2.35. The number of thiocarbonyl (C=S) groups is 1. The summed E-state index contributed by atoms with van der Waals surface area (Å²) in [6, 6.07) is 23.0. The number of amides is 1. The second kappa shape index (κ2) is 9.87. The van der Waals surface area contributed by atoms with Gasteiger partial charge < -0.3 is 16.0 Å². The molecule has 0 spiro atoms. The first-order valence-corrected chi connectivity index (χ1v) is 9.89. The molecule has 142 valence electrons. The van der Waals surface area contributed by atoms with Crippen LogP contribution in [-0.4, -0.2) is 16.8 Å². The van der Waals surface area contributed by atoms with Gasteiger partial charge in [-0.1, -0.05) is 18.2 Å². The molecule has 0 heterocycles. The van der Waals surface area contributed by atoms with Gasteiger partial charge in [0.25, 0.3) is 0 Å². The Balaban J connectivity index is 1.45. The van der Waals surface area contributed by atoms with E-state index in [1.54, 1.807) is 0 Å². The highest BCUT2D eigenvalue weighted by Gasteiger charge is 2.05. The number of hydrogen-bond acceptors (Lipinski definition) is 3. The van der Waals surface area contributed by atoms with E-state index in [9.17, 15) is 9.18 Å². The van der Waals surface area contributed by atoms with Crippen LogP contribution in [0.5, 0.6) is 0 Å². The number of carbonyl (C=O) groups excluding carboxylic acids is 1. The van der Waals surface area contributed by atoms with E-state index in [-0.39, 0.29) is 17.5 Å². The fourth-order valence-electron chi connectivity index (χ4n) is 2.33. The van der Waals surface area contributed by atoms with Crippen LogP contribution in [0.15, 0.2) is 83.8 Å². The van der Waals surface area contributed by atoms with Crippen molar-refractivity contribution >= 4 is 52.1 Å². The second-order valence-electron chi connectivity index (χ2n) is 5.81. The van der Waals surface area contributed by atoms with E-state index in [1.165, 1.54) is 36.0 Å². The Morgan fingerprint density at radius 1 is 0.786 bits per heavy atom. The van der Waals surface area contributed by atoms with Crippen molar-refractivity contribution in [2.24, 2.45) is 0 Å². The second-order valence-corrected chi connectivity index (χ2v) is 7.27. The molecule has 0 aliphatic rings. The monoisotopic (exact) mass is 411 g/mol. The molecule has 3 aromatic rings. The number of benzene rings is 3. The van der Waals surface area contributed by atoms with Crippen molar-refractivity contribution in [1.82, 2.24) is 0 Å². The van der Waals surface area contributed by atoms with E-state index in [1.807, 2.05) is 54.6 Å². The minimum absolute atomic E-state index is 0.146. The lowest BCUT2D eigenvalue weighted by molar-refractivity contribution is -0.113. The number of anilines is 3. The Morgan fingerprint density at radius 3 is 1.96 bits per heavy atom. The van der Waals surface area contributed by atoms with E-state index in [0.29, 0.717) is 10.8 Å². The van der Waals surface area contributed by atoms with Crippen LogP contribution in [0.3, 0.4) is 0 Å². The molecule has 0 bridgehead atoms. The predicted octanol–water partition coefficient (Wildman–Crippen LogP) is 5.37. The van der Waals surface area contributed by atoms with E-state index in [4.69, 9.17) is 12.2 Å². The number of carbonyl (C=O) groups is 1. The standard InChI is InChI=1S/C21H18FN3OS2/c22-15-6-8-17(9-7-15)23-20(26)14-28-19-12-10-18(11-13-19)25-21(27)24-16-4-2-1-3-5-16/h1-13H,14H2,(H,23,26)(H2,24,25,27). The minimum atomic E-state index is -0.334. The highest BCUT2D eigenvalue weighted by Crippen LogP contribution is 2.21. The fourth-order valence-corrected chi connectivity index (χ4v) is 3.26. The number of thioether (sulfide) groups is 1. The summed E-state index contributed by atoms with van der Waals surface area (Å²) < 4.78 is 12.9. The normalized spacial score (nSPS) is 10.2. The number of halogens is 1. The Labute approximate surface area is 172 Å². The molecule has 1 amide bonds. The summed E-state index contributed by atoms with van der Waals surface area (Å²) in [6.07, 6.45) is 0. The molecule has 3 N–H and O–H groups in total. The van der Waals surface area contributed by atoms with E-state index in [0.717, 1.165) is 16.3 Å². The largest absolute Gasteiger partial charge is 0.332 e. The number of rotatable bonds is 6. The van der Waals surface area contributed by atoms with Crippen molar-refractivity contribution in [2.45, 2.75) is 4.90 Å². The summed E-state index contributed by atoms with van der Waals surface area (Å²) in [7, 11) is 0. The maximum atomic E-state index is 12.9. The average Bonchev–Trinajstić information content (AvgIpc) is 2.70. The van der Waals surface area contributed by atoms with Gasteiger partial charge in [0.05, 0.1) is 5.75 Å². The zero-order valence-electron chi connectivity index (χ0n) is 14.8. The Morgan fingerprint density at radius 2 is 1.32 bits per heavy atom. The molecular weight excluding hydrogens is 393 g/mol. The first-order chi connectivity index (χ1) is 13.6. The van der Waals surface area contributed by atoms with Crippen molar-refractivity contribution in [3.8, 4) is 0 Å². The highest BCUT2D eigenvalue weighted by atomic mass is 32.2. The Kier molecular flexibility index (Phi) is 7.00. The number of nitrogens with one attached hydrogen (secondary N) is 3. The van der Waals surface area contributed by atoms with Gasteiger partial charge in [0.1, 0.15) is 5.82 Å². The van der Waals surface area contributed by atoms with Gasteiger partial charge >= 0.3 is 0 Å². The molecule has 0 aliphatic heterocycles. The van der Waals surface area contributed by atoms with Crippen LogP contribution in [0, 0.1) is 5.82 Å². The highest BCUT2D eigenvalue weighted by molar-refractivity contribution is 8.00. The predicted molar refractivity (Wildman–Crippen MR) is 118 cm³/mol. The maximum Gasteiger partial charge on any atom is 0.234 e. The lowest BCUT2D eigenvalue weighted by Gasteiger charge is -2.11. The molecule has 0 aromatic heterocycles. The van der Waals surface area contributed by atoms with Crippen LogP contribution in [0.1, 0.15) is 0 Å². The maximum absolute atomic E-state index is 12.9. The quantitative estimate of drug-likeness (QED) is 0.376. The Hall–Kier alpha value is -2.90. The van der Waals surface area contributed by atoms with E-state index >= 15 is 0 Å². The van der Waals surface area contributed by atoms with Crippen LogP contribution >= 0.6 is 24.0 Å². The average molecular weight is 412 g/mol. The molecule has 0 radical (unpaired) electrons. The summed E-state index contributed by atoms with van der Waals surface area (Å²) in [5.74, 6) is -0.218. The summed E-state index contributed by atoms with van der Waals surface area (Å²) in [5, 5.41) is 9.47. The molecule has 0 aliphatic carbocycles. The zero-order chi connectivity index (χ0) is 19.8. The van der Waals surface area contributed by atoms with Crippen LogP contribution in [-0.2, 0) is 4.79 Å². The summed E-state index contributed by atoms with van der Waals surface area (Å²) >= 11 is 6.72. The topological polar surface area (TPSA) is 53.2 Å². The third-order valence-electron chi connectivity index (χ3n) is 3.64. The minimum Gasteiger partial charge on any atom is -0.332 e. The molecular formula is C21H18FN3OS2. The molecule has 3 aromatic carbocycles. The van der Waals surface area contributed by atoms with Crippen LogP contribution in [0.2, 0.25) is 0 Å². The first-order valence-electron chi connectivity index (χ1n) is 8.50. The molecule has 3 rings (SSSR count). The third kappa shape index (κ3) is 6.37. The van der Waals surface area contributed by atoms with Gasteiger partial charge in [-0.2, -0.15) is 0 Å². The van der Waals surface area contributed by atoms with Crippen molar-refractivity contribution in [3.63, 3.8) is 0 Å². The van der Waals surface area contributed by atoms with Gasteiger partial charge in [0.2, 0.25) is 5.91 Å². The molecule has 4 nitrogen and oxygen atoms in total. The molecule has 28 heavy (non-hydrogen) atoms. The van der Waals surface area contributed by atoms with Crippen molar-refractivity contribution in [3.05, 3.63) is 84.7 Å². The van der Waals surface area contributed by atoms with E-state index < -0.39 is 0 Å². The molecule has 0 fully saturated rings. The lowest BCUT2D eigenvalue weighted by atomic mass is 10.3. The smallest absolute Gasteiger partial charge is 0.234 e. The molecule has 0 unspecified atom stereocenters. The van der Waals surface area contributed by atoms with Crippen LogP contribution in [0.25, 0.3) is 0 Å². The van der Waals surface area contributed by atoms with Gasteiger partial charge in [-0.3, -0.25) is 4.79 Å². The molecule has 7 heteroatoms. The van der Waals surface area contributed by atoms with Gasteiger partial charge in [0, 0.05) is 22.0 Å². The lowest BCUT2D eigenvalue weighted by Crippen LogP contribution is -2.18. The fraction of sp³-hybridized carbons (Fsp3) is 0.0476. The molecule has 0 saturated heterocycles. The number of para-hydroxylation sites is 1. The van der Waals surface area contributed by atoms with Gasteiger partial charge in [0.15, 0.2) is 5.11 Å². The zero-order valence-corrected chi connectivity index (χ0v) is 16.4. The summed E-state index contributed by atoms with van der Waals surface area (Å²) in [4.78, 5) is 13.0. The number of hydrogen-bond donors (Lipinski definition) is 3. The van der Waals surface area contributed by atoms with Crippen molar-refractivity contribution in [2.75, 3.05) is 21.7 Å².